The molecule has 0 saturated carbocycles. The summed E-state index contributed by atoms with van der Waals surface area (Å²) < 4.78 is 0. The quantitative estimate of drug-likeness (QED) is 0.613. The molecule has 2 aromatic rings. The summed E-state index contributed by atoms with van der Waals surface area (Å²) in [5.74, 6) is -0.137. The van der Waals surface area contributed by atoms with Crippen LogP contribution in [0.1, 0.15) is 21.6 Å². The number of aromatic nitrogens is 1. The Labute approximate surface area is 93.9 Å². The molecule has 16 heavy (non-hydrogen) atoms. The summed E-state index contributed by atoms with van der Waals surface area (Å²) in [6.45, 7) is 1.93. The van der Waals surface area contributed by atoms with Crippen LogP contribution in [0.2, 0.25) is 0 Å². The number of anilines is 1. The maximum atomic E-state index is 12.1. The molecule has 80 valence electrons. The molecule has 0 saturated heterocycles. The normalized spacial score (nSPS) is 10.1. The molecule has 1 aromatic carbocycles. The molecular formula is C13H12N2O. The van der Waals surface area contributed by atoms with Gasteiger partial charge in [0.15, 0.2) is 0 Å². The number of carbonyl (C=O) groups is 1. The summed E-state index contributed by atoms with van der Waals surface area (Å²) in [6.07, 6.45) is 1.60. The maximum absolute atomic E-state index is 12.1. The molecule has 3 nitrogen and oxygen atoms in total. The summed E-state index contributed by atoms with van der Waals surface area (Å²) in [5, 5.41) is 0. The van der Waals surface area contributed by atoms with Crippen molar-refractivity contribution in [2.75, 3.05) is 5.73 Å². The van der Waals surface area contributed by atoms with E-state index in [0.29, 0.717) is 16.9 Å². The van der Waals surface area contributed by atoms with E-state index in [4.69, 9.17) is 5.73 Å². The first-order valence-electron chi connectivity index (χ1n) is 5.00. The van der Waals surface area contributed by atoms with Crippen molar-refractivity contribution >= 4 is 11.5 Å². The van der Waals surface area contributed by atoms with Crippen LogP contribution in [0.25, 0.3) is 0 Å². The second-order valence-electron chi connectivity index (χ2n) is 3.63. The molecule has 0 aliphatic carbocycles. The van der Waals surface area contributed by atoms with Crippen molar-refractivity contribution < 1.29 is 4.79 Å². The van der Waals surface area contributed by atoms with Gasteiger partial charge in [-0.1, -0.05) is 17.7 Å². The Hall–Kier alpha value is -2.16. The van der Waals surface area contributed by atoms with Gasteiger partial charge in [-0.15, -0.1) is 0 Å². The molecule has 0 amide bonds. The predicted octanol–water partition coefficient (Wildman–Crippen LogP) is 2.20. The van der Waals surface area contributed by atoms with E-state index in [1.54, 1.807) is 36.5 Å². The van der Waals surface area contributed by atoms with Gasteiger partial charge < -0.3 is 5.73 Å². The van der Waals surface area contributed by atoms with Gasteiger partial charge in [-0.05, 0) is 31.2 Å². The molecule has 2 rings (SSSR count). The van der Waals surface area contributed by atoms with Gasteiger partial charge in [0.2, 0.25) is 5.78 Å². The number of pyridine rings is 1. The Morgan fingerprint density at radius 2 is 2.06 bits per heavy atom. The lowest BCUT2D eigenvalue weighted by atomic mass is 10.0. The first kappa shape index (κ1) is 10.4. The molecular weight excluding hydrogens is 200 g/mol. The molecule has 3 heteroatoms. The van der Waals surface area contributed by atoms with Crippen LogP contribution >= 0.6 is 0 Å². The van der Waals surface area contributed by atoms with E-state index < -0.39 is 0 Å². The number of rotatable bonds is 2. The van der Waals surface area contributed by atoms with E-state index in [-0.39, 0.29) is 5.78 Å². The largest absolute Gasteiger partial charge is 0.398 e. The molecule has 1 heterocycles. The third kappa shape index (κ3) is 1.93. The highest BCUT2D eigenvalue weighted by molar-refractivity contribution is 6.10. The Morgan fingerprint density at radius 3 is 2.75 bits per heavy atom. The van der Waals surface area contributed by atoms with E-state index in [1.807, 2.05) is 13.0 Å². The minimum Gasteiger partial charge on any atom is -0.398 e. The van der Waals surface area contributed by atoms with Crippen LogP contribution in [0.5, 0.6) is 0 Å². The van der Waals surface area contributed by atoms with Crippen LogP contribution in [-0.2, 0) is 0 Å². The molecule has 0 atom stereocenters. The number of nitrogen functional groups attached to an aromatic ring is 1. The smallest absolute Gasteiger partial charge is 0.213 e. The Bertz CT molecular complexity index is 521. The topological polar surface area (TPSA) is 56.0 Å². The number of nitrogens with zero attached hydrogens (tertiary/aromatic N) is 1. The van der Waals surface area contributed by atoms with Crippen molar-refractivity contribution in [3.63, 3.8) is 0 Å². The minimum absolute atomic E-state index is 0.137. The van der Waals surface area contributed by atoms with E-state index >= 15 is 0 Å². The second kappa shape index (κ2) is 4.14. The number of nitrogens with two attached hydrogens (primary N) is 1. The lowest BCUT2D eigenvalue weighted by Crippen LogP contribution is -2.07. The van der Waals surface area contributed by atoms with Crippen LogP contribution < -0.4 is 5.73 Å². The average molecular weight is 212 g/mol. The second-order valence-corrected chi connectivity index (χ2v) is 3.63. The van der Waals surface area contributed by atoms with Gasteiger partial charge in [0.1, 0.15) is 5.69 Å². The van der Waals surface area contributed by atoms with Crippen molar-refractivity contribution in [2.45, 2.75) is 6.92 Å². The van der Waals surface area contributed by atoms with Gasteiger partial charge in [-0.25, -0.2) is 0 Å². The van der Waals surface area contributed by atoms with Crippen molar-refractivity contribution in [3.05, 3.63) is 59.4 Å². The number of carbonyl (C=O) groups excluding carboxylic acids is 1. The Morgan fingerprint density at radius 1 is 1.25 bits per heavy atom. The standard InChI is InChI=1S/C13H12N2O/c1-9-5-6-11(14)10(8-9)13(16)12-4-2-3-7-15-12/h2-8H,14H2,1H3. The Kier molecular flexibility index (Phi) is 2.68. The third-order valence-electron chi connectivity index (χ3n) is 2.35. The van der Waals surface area contributed by atoms with Crippen molar-refractivity contribution in [1.82, 2.24) is 4.98 Å². The molecule has 1 aromatic heterocycles. The van der Waals surface area contributed by atoms with E-state index in [2.05, 4.69) is 4.98 Å². The Balaban J connectivity index is 2.46. The third-order valence-corrected chi connectivity index (χ3v) is 2.35. The summed E-state index contributed by atoms with van der Waals surface area (Å²) in [5.41, 5.74) is 8.20. The summed E-state index contributed by atoms with van der Waals surface area (Å²) in [7, 11) is 0. The lowest BCUT2D eigenvalue weighted by molar-refractivity contribution is 0.103. The minimum atomic E-state index is -0.137. The fourth-order valence-corrected chi connectivity index (χ4v) is 1.50. The molecule has 0 radical (unpaired) electrons. The SMILES string of the molecule is Cc1ccc(N)c(C(=O)c2ccccn2)c1. The number of hydrogen-bond donors (Lipinski definition) is 1. The summed E-state index contributed by atoms with van der Waals surface area (Å²) >= 11 is 0. The summed E-state index contributed by atoms with van der Waals surface area (Å²) in [4.78, 5) is 16.1. The average Bonchev–Trinajstić information content (AvgIpc) is 2.32. The fraction of sp³-hybridized carbons (Fsp3) is 0.0769. The molecule has 0 spiro atoms. The highest BCUT2D eigenvalue weighted by Gasteiger charge is 2.12. The zero-order valence-electron chi connectivity index (χ0n) is 8.97. The number of aryl methyl sites for hydroxylation is 1. The molecule has 0 aliphatic heterocycles. The zero-order chi connectivity index (χ0) is 11.5. The van der Waals surface area contributed by atoms with E-state index in [1.165, 1.54) is 0 Å². The van der Waals surface area contributed by atoms with Crippen LogP contribution in [0, 0.1) is 6.92 Å². The monoisotopic (exact) mass is 212 g/mol. The van der Waals surface area contributed by atoms with Crippen LogP contribution in [0.3, 0.4) is 0 Å². The molecule has 0 fully saturated rings. The van der Waals surface area contributed by atoms with Gasteiger partial charge in [0.25, 0.3) is 0 Å². The highest BCUT2D eigenvalue weighted by atomic mass is 16.1. The lowest BCUT2D eigenvalue weighted by Gasteiger charge is -2.05. The van der Waals surface area contributed by atoms with Gasteiger partial charge in [-0.2, -0.15) is 0 Å². The van der Waals surface area contributed by atoms with Gasteiger partial charge in [0.05, 0.1) is 0 Å². The first-order chi connectivity index (χ1) is 7.68. The molecule has 0 bridgehead atoms. The number of ketones is 1. The highest BCUT2D eigenvalue weighted by Crippen LogP contribution is 2.17. The maximum Gasteiger partial charge on any atom is 0.213 e. The van der Waals surface area contributed by atoms with E-state index in [0.717, 1.165) is 5.56 Å². The zero-order valence-corrected chi connectivity index (χ0v) is 8.97. The van der Waals surface area contributed by atoms with Gasteiger partial charge >= 0.3 is 0 Å². The van der Waals surface area contributed by atoms with Gasteiger partial charge in [-0.3, -0.25) is 9.78 Å². The van der Waals surface area contributed by atoms with Crippen molar-refractivity contribution in [1.29, 1.82) is 0 Å². The number of hydrogen-bond acceptors (Lipinski definition) is 3. The summed E-state index contributed by atoms with van der Waals surface area (Å²) in [6, 6.07) is 10.6. The molecule has 2 N–H and O–H groups in total. The molecule has 0 unspecified atom stereocenters. The van der Waals surface area contributed by atoms with Gasteiger partial charge in [0, 0.05) is 17.4 Å². The predicted molar refractivity (Wildman–Crippen MR) is 63.3 cm³/mol. The van der Waals surface area contributed by atoms with Crippen molar-refractivity contribution in [3.8, 4) is 0 Å². The van der Waals surface area contributed by atoms with Crippen LogP contribution in [0.15, 0.2) is 42.6 Å². The van der Waals surface area contributed by atoms with Crippen LogP contribution in [0.4, 0.5) is 5.69 Å². The van der Waals surface area contributed by atoms with Crippen molar-refractivity contribution in [2.24, 2.45) is 0 Å². The van der Waals surface area contributed by atoms with Crippen LogP contribution in [-0.4, -0.2) is 10.8 Å². The van der Waals surface area contributed by atoms with E-state index in [9.17, 15) is 4.79 Å². The fourth-order valence-electron chi connectivity index (χ4n) is 1.50. The molecule has 0 aliphatic rings. The first-order valence-corrected chi connectivity index (χ1v) is 5.00. The number of benzene rings is 1.